The van der Waals surface area contributed by atoms with Crippen LogP contribution in [0.1, 0.15) is 33.3 Å². The summed E-state index contributed by atoms with van der Waals surface area (Å²) in [7, 11) is 0. The fraction of sp³-hybridized carbons (Fsp3) is 0.545. The Morgan fingerprint density at radius 1 is 1.29 bits per heavy atom. The number of nitrogens with zero attached hydrogens (tertiary/aromatic N) is 1. The van der Waals surface area contributed by atoms with Gasteiger partial charge in [-0.1, -0.05) is 12.2 Å². The van der Waals surface area contributed by atoms with Crippen LogP contribution in [0.25, 0.3) is 0 Å². The van der Waals surface area contributed by atoms with Gasteiger partial charge in [0.15, 0.2) is 0 Å². The number of hydrogen-bond acceptors (Lipinski definition) is 2. The Kier molecular flexibility index (Phi) is 4.08. The van der Waals surface area contributed by atoms with E-state index in [0.717, 1.165) is 4.99 Å². The molecule has 1 rings (SSSR count). The van der Waals surface area contributed by atoms with E-state index in [-0.39, 0.29) is 0 Å². The molecule has 0 aliphatic rings. The highest BCUT2D eigenvalue weighted by Gasteiger charge is 2.17. The Morgan fingerprint density at radius 3 is 2.21 bits per heavy atom. The average Bonchev–Trinajstić information content (AvgIpc) is 2.53. The molecule has 0 bridgehead atoms. The molecule has 14 heavy (non-hydrogen) atoms. The first-order valence-electron chi connectivity index (χ1n) is 4.89. The third-order valence-electron chi connectivity index (χ3n) is 2.12. The van der Waals surface area contributed by atoms with Crippen molar-refractivity contribution in [2.45, 2.75) is 39.8 Å². The van der Waals surface area contributed by atoms with Gasteiger partial charge in [0, 0.05) is 23.0 Å². The molecule has 0 unspecified atom stereocenters. The van der Waals surface area contributed by atoms with Crippen LogP contribution in [0.4, 0.5) is 0 Å². The monoisotopic (exact) mass is 227 g/mol. The van der Waals surface area contributed by atoms with Crippen molar-refractivity contribution in [3.63, 3.8) is 0 Å². The lowest BCUT2D eigenvalue weighted by Gasteiger charge is -2.33. The molecule has 0 aliphatic carbocycles. The van der Waals surface area contributed by atoms with E-state index >= 15 is 0 Å². The summed E-state index contributed by atoms with van der Waals surface area (Å²) in [6.45, 7) is 8.72. The van der Waals surface area contributed by atoms with Crippen LogP contribution >= 0.6 is 23.6 Å². The molecule has 0 saturated heterocycles. The maximum absolute atomic E-state index is 5.48. The van der Waals surface area contributed by atoms with Crippen molar-refractivity contribution < 1.29 is 0 Å². The van der Waals surface area contributed by atoms with E-state index in [1.54, 1.807) is 11.3 Å². The van der Waals surface area contributed by atoms with Gasteiger partial charge in [0.05, 0.1) is 0 Å². The quantitative estimate of drug-likeness (QED) is 0.727. The summed E-state index contributed by atoms with van der Waals surface area (Å²) in [5, 5.41) is 4.18. The number of hydrogen-bond donors (Lipinski definition) is 0. The van der Waals surface area contributed by atoms with E-state index in [2.05, 4.69) is 49.4 Å². The molecule has 0 N–H and O–H groups in total. The minimum atomic E-state index is 0.461. The van der Waals surface area contributed by atoms with Crippen LogP contribution < -0.4 is 0 Å². The topological polar surface area (TPSA) is 3.24 Å². The fourth-order valence-corrected chi connectivity index (χ4v) is 2.86. The van der Waals surface area contributed by atoms with Crippen molar-refractivity contribution in [2.24, 2.45) is 0 Å². The van der Waals surface area contributed by atoms with Crippen LogP contribution in [-0.4, -0.2) is 22.0 Å². The molecular formula is C11H17NS2. The molecule has 1 heterocycles. The van der Waals surface area contributed by atoms with Crippen molar-refractivity contribution in [2.75, 3.05) is 0 Å². The largest absolute Gasteiger partial charge is 0.357 e. The van der Waals surface area contributed by atoms with E-state index in [1.165, 1.54) is 5.56 Å². The predicted molar refractivity (Wildman–Crippen MR) is 68.1 cm³/mol. The maximum Gasteiger partial charge on any atom is 0.110 e. The van der Waals surface area contributed by atoms with Gasteiger partial charge in [0.25, 0.3) is 0 Å². The molecule has 3 heteroatoms. The second-order valence-corrected chi connectivity index (χ2v) is 5.08. The molecule has 78 valence electrons. The van der Waals surface area contributed by atoms with Crippen LogP contribution in [0.3, 0.4) is 0 Å². The summed E-state index contributed by atoms with van der Waals surface area (Å²) < 4.78 is 0. The molecule has 0 aliphatic heterocycles. The molecule has 0 atom stereocenters. The second-order valence-electron chi connectivity index (χ2n) is 3.91. The molecule has 0 radical (unpaired) electrons. The third-order valence-corrected chi connectivity index (χ3v) is 3.25. The van der Waals surface area contributed by atoms with Gasteiger partial charge in [-0.05, 0) is 39.1 Å². The summed E-state index contributed by atoms with van der Waals surface area (Å²) in [4.78, 5) is 3.24. The first kappa shape index (κ1) is 11.7. The molecule has 1 nitrogen and oxygen atoms in total. The highest BCUT2D eigenvalue weighted by atomic mass is 32.1. The van der Waals surface area contributed by atoms with Crippen molar-refractivity contribution >= 4 is 28.5 Å². The van der Waals surface area contributed by atoms with Gasteiger partial charge in [-0.2, -0.15) is 11.3 Å². The lowest BCUT2D eigenvalue weighted by atomic mass is 10.2. The lowest BCUT2D eigenvalue weighted by Crippen LogP contribution is -2.41. The van der Waals surface area contributed by atoms with E-state index in [9.17, 15) is 0 Å². The van der Waals surface area contributed by atoms with Gasteiger partial charge in [0.1, 0.15) is 4.99 Å². The highest BCUT2D eigenvalue weighted by molar-refractivity contribution is 7.80. The van der Waals surface area contributed by atoms with Crippen molar-refractivity contribution in [3.05, 3.63) is 22.4 Å². The van der Waals surface area contributed by atoms with E-state index in [4.69, 9.17) is 12.2 Å². The molecule has 0 spiro atoms. The molecule has 0 amide bonds. The summed E-state index contributed by atoms with van der Waals surface area (Å²) in [5.74, 6) is 0. The number of thiocarbonyl (C=S) groups is 1. The third kappa shape index (κ3) is 2.55. The van der Waals surface area contributed by atoms with Gasteiger partial charge < -0.3 is 4.90 Å². The van der Waals surface area contributed by atoms with Crippen molar-refractivity contribution in [1.82, 2.24) is 4.90 Å². The second kappa shape index (κ2) is 4.89. The average molecular weight is 227 g/mol. The van der Waals surface area contributed by atoms with E-state index in [1.807, 2.05) is 0 Å². The van der Waals surface area contributed by atoms with Crippen LogP contribution in [-0.2, 0) is 0 Å². The molecule has 1 aromatic rings. The molecule has 0 fully saturated rings. The summed E-state index contributed by atoms with van der Waals surface area (Å²) in [6, 6.07) is 3.01. The SMILES string of the molecule is CC(C)N(C(=S)c1ccsc1)C(C)C. The normalized spacial score (nSPS) is 11.0. The maximum atomic E-state index is 5.48. The van der Waals surface area contributed by atoms with Crippen LogP contribution in [0.15, 0.2) is 16.8 Å². The molecule has 0 saturated carbocycles. The van der Waals surface area contributed by atoms with Gasteiger partial charge in [-0.15, -0.1) is 0 Å². The molecule has 0 aromatic carbocycles. The van der Waals surface area contributed by atoms with Crippen molar-refractivity contribution in [3.8, 4) is 0 Å². The highest BCUT2D eigenvalue weighted by Crippen LogP contribution is 2.15. The van der Waals surface area contributed by atoms with E-state index < -0.39 is 0 Å². The van der Waals surface area contributed by atoms with Crippen LogP contribution in [0.5, 0.6) is 0 Å². The number of rotatable bonds is 3. The number of thiophene rings is 1. The van der Waals surface area contributed by atoms with Gasteiger partial charge in [0.2, 0.25) is 0 Å². The van der Waals surface area contributed by atoms with Crippen LogP contribution in [0, 0.1) is 0 Å². The zero-order valence-electron chi connectivity index (χ0n) is 9.15. The minimum absolute atomic E-state index is 0.461. The van der Waals surface area contributed by atoms with Gasteiger partial charge in [-0.3, -0.25) is 0 Å². The van der Waals surface area contributed by atoms with Crippen molar-refractivity contribution in [1.29, 1.82) is 0 Å². The summed E-state index contributed by atoms with van der Waals surface area (Å²) in [5.41, 5.74) is 1.17. The first-order valence-corrected chi connectivity index (χ1v) is 6.24. The lowest BCUT2D eigenvalue weighted by molar-refractivity contribution is 0.298. The standard InChI is InChI=1S/C11H17NS2/c1-8(2)12(9(3)4)11(13)10-5-6-14-7-10/h5-9H,1-4H3. The zero-order chi connectivity index (χ0) is 10.7. The Morgan fingerprint density at radius 2 is 1.86 bits per heavy atom. The van der Waals surface area contributed by atoms with Crippen LogP contribution in [0.2, 0.25) is 0 Å². The van der Waals surface area contributed by atoms with E-state index in [0.29, 0.717) is 12.1 Å². The summed E-state index contributed by atoms with van der Waals surface area (Å²) in [6.07, 6.45) is 0. The Balaban J connectivity index is 2.85. The Bertz CT molecular complexity index is 280. The zero-order valence-corrected chi connectivity index (χ0v) is 10.8. The molecule has 1 aromatic heterocycles. The fourth-order valence-electron chi connectivity index (χ4n) is 1.60. The minimum Gasteiger partial charge on any atom is -0.357 e. The summed E-state index contributed by atoms with van der Waals surface area (Å²) >= 11 is 7.18. The van der Waals surface area contributed by atoms with Gasteiger partial charge >= 0.3 is 0 Å². The predicted octanol–water partition coefficient (Wildman–Crippen LogP) is 3.54. The smallest absolute Gasteiger partial charge is 0.110 e. The first-order chi connectivity index (χ1) is 6.54. The Labute approximate surface area is 95.7 Å². The molecular weight excluding hydrogens is 210 g/mol. The van der Waals surface area contributed by atoms with Gasteiger partial charge in [-0.25, -0.2) is 0 Å². The Hall–Kier alpha value is -0.410.